The normalized spacial score (nSPS) is 18.9. The first-order valence-electron chi connectivity index (χ1n) is 3.54. The van der Waals surface area contributed by atoms with Crippen molar-refractivity contribution in [3.05, 3.63) is 21.7 Å². The molecule has 0 unspecified atom stereocenters. The molecule has 1 rings (SSSR count). The molecule has 0 fully saturated rings. The second-order valence-electron chi connectivity index (χ2n) is 3.64. The van der Waals surface area contributed by atoms with Gasteiger partial charge in [-0.25, -0.2) is 0 Å². The number of allylic oxidation sites excluding steroid dienone is 4. The van der Waals surface area contributed by atoms with E-state index in [-0.39, 0.29) is 0 Å². The maximum atomic E-state index is 2.42. The van der Waals surface area contributed by atoms with E-state index >= 15 is 0 Å². The van der Waals surface area contributed by atoms with Crippen LogP contribution in [0.25, 0.3) is 0 Å². The molecule has 1 heteroatoms. The van der Waals surface area contributed by atoms with Gasteiger partial charge >= 0.3 is 74.1 Å². The van der Waals surface area contributed by atoms with E-state index in [1.54, 1.807) is 0 Å². The second kappa shape index (κ2) is 2.66. The van der Waals surface area contributed by atoms with Crippen LogP contribution >= 0.6 is 0 Å². The number of rotatable bonds is 0. The van der Waals surface area contributed by atoms with Crippen molar-refractivity contribution in [3.63, 3.8) is 0 Å². The van der Waals surface area contributed by atoms with Gasteiger partial charge in [0.15, 0.2) is 0 Å². The van der Waals surface area contributed by atoms with Crippen LogP contribution in [0.2, 0.25) is 0 Å². The molecule has 0 nitrogen and oxygen atoms in total. The van der Waals surface area contributed by atoms with Crippen LogP contribution in [0.4, 0.5) is 0 Å². The number of hydrogen-bond acceptors (Lipinski definition) is 0. The first-order chi connectivity index (χ1) is 4.52. The van der Waals surface area contributed by atoms with E-state index in [2.05, 4.69) is 52.7 Å². The van der Waals surface area contributed by atoms with Crippen molar-refractivity contribution < 1.29 is 19.8 Å². The van der Waals surface area contributed by atoms with E-state index in [1.165, 1.54) is 9.54 Å². The molecule has 0 aromatic carbocycles. The standard InChI is InChI=1S/C9H13.Pt/c1-9(2,3)8-6-4-5-7-8;/h4,6H,5H2,1-3H3;. The summed E-state index contributed by atoms with van der Waals surface area (Å²) in [4.78, 5) is 0. The molecule has 0 heterocycles. The fourth-order valence-corrected chi connectivity index (χ4v) is 2.41. The Hall–Kier alpha value is 0.168. The Morgan fingerprint density at radius 1 is 1.40 bits per heavy atom. The van der Waals surface area contributed by atoms with E-state index in [0.717, 1.165) is 6.42 Å². The Bertz CT molecular complexity index is 191. The Labute approximate surface area is 74.3 Å². The van der Waals surface area contributed by atoms with Gasteiger partial charge in [0, 0.05) is 0 Å². The molecule has 0 radical (unpaired) electrons. The second-order valence-corrected chi connectivity index (χ2v) is 5.01. The van der Waals surface area contributed by atoms with Crippen LogP contribution in [0.1, 0.15) is 27.2 Å². The Balaban J connectivity index is 2.91. The first kappa shape index (κ1) is 8.27. The van der Waals surface area contributed by atoms with E-state index in [4.69, 9.17) is 0 Å². The molecule has 0 spiro atoms. The quantitative estimate of drug-likeness (QED) is 0.645. The fraction of sp³-hybridized carbons (Fsp3) is 0.556. The van der Waals surface area contributed by atoms with Gasteiger partial charge < -0.3 is 0 Å². The van der Waals surface area contributed by atoms with Gasteiger partial charge in [0.2, 0.25) is 0 Å². The van der Waals surface area contributed by atoms with Crippen LogP contribution in [-0.2, 0) is 19.8 Å². The van der Waals surface area contributed by atoms with E-state index in [1.807, 2.05) is 0 Å². The summed E-state index contributed by atoms with van der Waals surface area (Å²) >= 11 is 2.42. The summed E-state index contributed by atoms with van der Waals surface area (Å²) in [5.74, 6) is 0. The van der Waals surface area contributed by atoms with Crippen molar-refractivity contribution in [3.8, 4) is 0 Å². The number of hydrogen-bond donors (Lipinski definition) is 0. The molecular weight excluding hydrogens is 303 g/mol. The minimum atomic E-state index is 0.337. The van der Waals surface area contributed by atoms with Gasteiger partial charge in [-0.2, -0.15) is 0 Å². The minimum absolute atomic E-state index is 0.337. The van der Waals surface area contributed by atoms with Crippen LogP contribution in [0.15, 0.2) is 21.7 Å². The van der Waals surface area contributed by atoms with Gasteiger partial charge in [-0.3, -0.25) is 0 Å². The van der Waals surface area contributed by atoms with E-state index in [9.17, 15) is 0 Å². The van der Waals surface area contributed by atoms with E-state index in [0.29, 0.717) is 5.41 Å². The van der Waals surface area contributed by atoms with Gasteiger partial charge in [-0.05, 0) is 0 Å². The van der Waals surface area contributed by atoms with Crippen molar-refractivity contribution >= 4 is 0 Å². The summed E-state index contributed by atoms with van der Waals surface area (Å²) in [7, 11) is 0. The molecule has 1 aliphatic carbocycles. The molecule has 0 aliphatic heterocycles. The van der Waals surface area contributed by atoms with Gasteiger partial charge in [0.1, 0.15) is 0 Å². The summed E-state index contributed by atoms with van der Waals surface area (Å²) in [6.07, 6.45) is 5.64. The molecule has 1 aliphatic rings. The van der Waals surface area contributed by atoms with Crippen LogP contribution in [0.3, 0.4) is 0 Å². The van der Waals surface area contributed by atoms with Crippen LogP contribution in [-0.4, -0.2) is 0 Å². The Kier molecular flexibility index (Phi) is 2.20. The average molecular weight is 316 g/mol. The Morgan fingerprint density at radius 3 is 2.20 bits per heavy atom. The van der Waals surface area contributed by atoms with Gasteiger partial charge in [-0.15, -0.1) is 0 Å². The summed E-state index contributed by atoms with van der Waals surface area (Å²) in [6, 6.07) is 0. The SMILES string of the molecule is CC(C)(C)C1=[C]([Pt])CC=C1. The van der Waals surface area contributed by atoms with Crippen molar-refractivity contribution in [2.75, 3.05) is 0 Å². The van der Waals surface area contributed by atoms with Gasteiger partial charge in [0.05, 0.1) is 0 Å². The topological polar surface area (TPSA) is 0 Å². The molecule has 0 bridgehead atoms. The summed E-state index contributed by atoms with van der Waals surface area (Å²) in [5.41, 5.74) is 1.85. The monoisotopic (exact) mass is 316 g/mol. The van der Waals surface area contributed by atoms with Gasteiger partial charge in [-0.1, -0.05) is 0 Å². The van der Waals surface area contributed by atoms with Crippen LogP contribution in [0.5, 0.6) is 0 Å². The third-order valence-corrected chi connectivity index (χ3v) is 2.73. The van der Waals surface area contributed by atoms with Crippen LogP contribution in [0, 0.1) is 5.41 Å². The predicted molar refractivity (Wildman–Crippen MR) is 40.2 cm³/mol. The molecule has 59 valence electrons. The van der Waals surface area contributed by atoms with Gasteiger partial charge in [0.25, 0.3) is 0 Å². The predicted octanol–water partition coefficient (Wildman–Crippen LogP) is 2.79. The molecule has 0 aromatic rings. The fourth-order valence-electron chi connectivity index (χ4n) is 1.10. The zero-order valence-corrected chi connectivity index (χ0v) is 8.95. The molecule has 0 saturated heterocycles. The molecule has 0 N–H and O–H groups in total. The summed E-state index contributed by atoms with van der Waals surface area (Å²) in [5, 5.41) is 0. The third-order valence-electron chi connectivity index (χ3n) is 1.65. The summed E-state index contributed by atoms with van der Waals surface area (Å²) < 4.78 is 1.51. The third kappa shape index (κ3) is 1.61. The van der Waals surface area contributed by atoms with E-state index < -0.39 is 0 Å². The first-order valence-corrected chi connectivity index (χ1v) is 4.68. The van der Waals surface area contributed by atoms with Crippen molar-refractivity contribution in [1.82, 2.24) is 0 Å². The molecule has 0 atom stereocenters. The van der Waals surface area contributed by atoms with Crippen molar-refractivity contribution in [2.45, 2.75) is 27.2 Å². The zero-order valence-electron chi connectivity index (χ0n) is 6.68. The zero-order chi connectivity index (χ0) is 7.78. The van der Waals surface area contributed by atoms with Crippen molar-refractivity contribution in [2.24, 2.45) is 5.41 Å². The maximum absolute atomic E-state index is 2.42. The van der Waals surface area contributed by atoms with Crippen molar-refractivity contribution in [1.29, 1.82) is 0 Å². The Morgan fingerprint density at radius 2 is 2.00 bits per heavy atom. The molecular formula is C9H13Pt. The summed E-state index contributed by atoms with van der Waals surface area (Å²) in [6.45, 7) is 6.78. The molecule has 0 saturated carbocycles. The average Bonchev–Trinajstić information content (AvgIpc) is 2.11. The molecule has 0 aromatic heterocycles. The van der Waals surface area contributed by atoms with Crippen LogP contribution < -0.4 is 0 Å². The molecule has 10 heavy (non-hydrogen) atoms. The molecule has 0 amide bonds.